The Kier molecular flexibility index (Phi) is 11.3. The molecule has 0 saturated carbocycles. The molecule has 2 aliphatic rings. The molecule has 11 heteroatoms. The van der Waals surface area contributed by atoms with Gasteiger partial charge in [-0.2, -0.15) is 0 Å². The summed E-state index contributed by atoms with van der Waals surface area (Å²) in [7, 11) is 0. The second-order valence-corrected chi connectivity index (χ2v) is 12.5. The number of carbonyl (C=O) groups is 2. The monoisotopic (exact) mass is 665 g/mol. The van der Waals surface area contributed by atoms with Gasteiger partial charge in [0.15, 0.2) is 12.4 Å². The van der Waals surface area contributed by atoms with E-state index in [0.29, 0.717) is 6.54 Å². The number of ether oxygens (including phenoxy) is 3. The summed E-state index contributed by atoms with van der Waals surface area (Å²) in [4.78, 5) is 37.0. The fraction of sp³-hybridized carbons (Fsp3) is 0.368. The van der Waals surface area contributed by atoms with Gasteiger partial charge >= 0.3 is 5.97 Å². The molecule has 3 heterocycles. The van der Waals surface area contributed by atoms with Gasteiger partial charge in [-0.15, -0.1) is 0 Å². The number of nitrogens with one attached hydrogen (secondary N) is 1. The molecule has 2 aliphatic heterocycles. The first-order chi connectivity index (χ1) is 23.8. The largest absolute Gasteiger partial charge is 0.453 e. The number of hydrogen-bond acceptors (Lipinski definition) is 10. The van der Waals surface area contributed by atoms with Crippen molar-refractivity contribution in [3.05, 3.63) is 114 Å². The molecule has 0 spiro atoms. The highest BCUT2D eigenvalue weighted by Gasteiger charge is 2.34. The van der Waals surface area contributed by atoms with Crippen LogP contribution in [-0.2, 0) is 37.0 Å². The summed E-state index contributed by atoms with van der Waals surface area (Å²) in [5.41, 5.74) is 5.82. The van der Waals surface area contributed by atoms with Gasteiger partial charge in [-0.05, 0) is 46.9 Å². The van der Waals surface area contributed by atoms with Crippen molar-refractivity contribution in [2.45, 2.75) is 58.0 Å². The van der Waals surface area contributed by atoms with Crippen LogP contribution in [0.4, 0.5) is 5.95 Å². The third kappa shape index (κ3) is 9.07. The van der Waals surface area contributed by atoms with Gasteiger partial charge in [0, 0.05) is 70.6 Å². The molecular formula is C38H43N5O6. The molecule has 4 atom stereocenters. The van der Waals surface area contributed by atoms with Crippen LogP contribution in [0.2, 0.25) is 0 Å². The molecule has 1 aromatic heterocycles. The van der Waals surface area contributed by atoms with Crippen molar-refractivity contribution in [3.8, 4) is 11.1 Å². The minimum absolute atomic E-state index is 0.000650. The highest BCUT2D eigenvalue weighted by Crippen LogP contribution is 2.39. The molecule has 49 heavy (non-hydrogen) atoms. The first kappa shape index (κ1) is 34.2. The lowest BCUT2D eigenvalue weighted by atomic mass is 9.98. The number of esters is 1. The highest BCUT2D eigenvalue weighted by atomic mass is 16.7. The van der Waals surface area contributed by atoms with Gasteiger partial charge in [-0.3, -0.25) is 14.5 Å². The zero-order valence-electron chi connectivity index (χ0n) is 27.9. The van der Waals surface area contributed by atoms with E-state index in [0.717, 1.165) is 78.5 Å². The average molecular weight is 666 g/mol. The summed E-state index contributed by atoms with van der Waals surface area (Å²) in [5.74, 6) is -0.0699. The van der Waals surface area contributed by atoms with E-state index in [9.17, 15) is 14.7 Å². The van der Waals surface area contributed by atoms with Crippen LogP contribution in [0.1, 0.15) is 54.9 Å². The lowest BCUT2D eigenvalue weighted by Crippen LogP contribution is -2.50. The van der Waals surface area contributed by atoms with Crippen molar-refractivity contribution in [3.63, 3.8) is 0 Å². The number of benzene rings is 3. The van der Waals surface area contributed by atoms with Crippen LogP contribution < -0.4 is 10.2 Å². The third-order valence-electron chi connectivity index (χ3n) is 8.91. The summed E-state index contributed by atoms with van der Waals surface area (Å²) in [6.45, 7) is 7.42. The van der Waals surface area contributed by atoms with Gasteiger partial charge < -0.3 is 29.5 Å². The van der Waals surface area contributed by atoms with Crippen LogP contribution in [0.25, 0.3) is 11.1 Å². The Morgan fingerprint density at radius 1 is 0.898 bits per heavy atom. The van der Waals surface area contributed by atoms with E-state index in [2.05, 4.69) is 37.2 Å². The molecule has 4 unspecified atom stereocenters. The van der Waals surface area contributed by atoms with Crippen molar-refractivity contribution in [1.82, 2.24) is 20.2 Å². The summed E-state index contributed by atoms with van der Waals surface area (Å²) in [6.07, 6.45) is 2.67. The van der Waals surface area contributed by atoms with Gasteiger partial charge in [-0.1, -0.05) is 66.7 Å². The highest BCUT2D eigenvalue weighted by molar-refractivity contribution is 5.82. The van der Waals surface area contributed by atoms with Crippen molar-refractivity contribution in [2.75, 3.05) is 37.6 Å². The Morgan fingerprint density at radius 2 is 1.61 bits per heavy atom. The van der Waals surface area contributed by atoms with Gasteiger partial charge in [0.25, 0.3) is 5.91 Å². The predicted octanol–water partition coefficient (Wildman–Crippen LogP) is 4.57. The van der Waals surface area contributed by atoms with Gasteiger partial charge in [0.05, 0.1) is 18.8 Å². The number of rotatable bonds is 11. The number of piperazine rings is 1. The molecule has 2 saturated heterocycles. The summed E-state index contributed by atoms with van der Waals surface area (Å²) < 4.78 is 18.2. The zero-order chi connectivity index (χ0) is 34.2. The number of aromatic nitrogens is 2. The first-order valence-corrected chi connectivity index (χ1v) is 16.7. The smallest absolute Gasteiger partial charge is 0.303 e. The SMILES string of the molecule is CC(=O)OC(C)C(=O)NCc1cccc(-c2ccc(C3OC(CN4CCN(c5ncccn5)CC4)CC(c4ccc(CO)cc4)O3)cc2)c1. The Hall–Kier alpha value is -4.68. The maximum absolute atomic E-state index is 12.3. The summed E-state index contributed by atoms with van der Waals surface area (Å²) in [5, 5.41) is 12.4. The van der Waals surface area contributed by atoms with Gasteiger partial charge in [-0.25, -0.2) is 9.97 Å². The predicted molar refractivity (Wildman–Crippen MR) is 184 cm³/mol. The fourth-order valence-electron chi connectivity index (χ4n) is 6.23. The van der Waals surface area contributed by atoms with E-state index in [1.807, 2.05) is 66.7 Å². The number of amides is 1. The fourth-order valence-corrected chi connectivity index (χ4v) is 6.23. The number of aliphatic hydroxyl groups is 1. The molecule has 1 amide bonds. The third-order valence-corrected chi connectivity index (χ3v) is 8.91. The Labute approximate surface area is 286 Å². The van der Waals surface area contributed by atoms with Crippen molar-refractivity contribution in [1.29, 1.82) is 0 Å². The van der Waals surface area contributed by atoms with E-state index in [1.165, 1.54) is 6.92 Å². The number of carbonyl (C=O) groups excluding carboxylic acids is 2. The van der Waals surface area contributed by atoms with Crippen molar-refractivity contribution >= 4 is 17.8 Å². The molecule has 2 fully saturated rings. The Bertz CT molecular complexity index is 1680. The van der Waals surface area contributed by atoms with Crippen LogP contribution in [0.3, 0.4) is 0 Å². The summed E-state index contributed by atoms with van der Waals surface area (Å²) >= 11 is 0. The van der Waals surface area contributed by atoms with E-state index in [1.54, 1.807) is 19.3 Å². The second kappa shape index (κ2) is 16.1. The summed E-state index contributed by atoms with van der Waals surface area (Å²) in [6, 6.07) is 25.9. The lowest BCUT2D eigenvalue weighted by molar-refractivity contribution is -0.253. The van der Waals surface area contributed by atoms with Gasteiger partial charge in [0.1, 0.15) is 0 Å². The average Bonchev–Trinajstić information content (AvgIpc) is 3.14. The van der Waals surface area contributed by atoms with Crippen LogP contribution in [0.15, 0.2) is 91.3 Å². The number of hydrogen-bond donors (Lipinski definition) is 2. The Balaban J connectivity index is 1.13. The maximum atomic E-state index is 12.3. The number of anilines is 1. The first-order valence-electron chi connectivity index (χ1n) is 16.7. The van der Waals surface area contributed by atoms with E-state index < -0.39 is 18.4 Å². The second-order valence-electron chi connectivity index (χ2n) is 12.5. The van der Waals surface area contributed by atoms with Crippen LogP contribution in [-0.4, -0.2) is 76.8 Å². The molecule has 0 aliphatic carbocycles. The van der Waals surface area contributed by atoms with Crippen LogP contribution in [0, 0.1) is 0 Å². The lowest BCUT2D eigenvalue weighted by Gasteiger charge is -2.40. The Morgan fingerprint density at radius 3 is 2.31 bits per heavy atom. The maximum Gasteiger partial charge on any atom is 0.303 e. The molecule has 0 bridgehead atoms. The number of nitrogens with zero attached hydrogens (tertiary/aromatic N) is 4. The molecule has 4 aromatic rings. The molecule has 0 radical (unpaired) electrons. The van der Waals surface area contributed by atoms with E-state index in [4.69, 9.17) is 14.2 Å². The van der Waals surface area contributed by atoms with Crippen molar-refractivity contribution in [2.24, 2.45) is 0 Å². The molecular weight excluding hydrogens is 622 g/mol. The molecule has 3 aromatic carbocycles. The standard InChI is InChI=1S/C38H43N5O6/c1-26(47-27(2)45)36(46)41-23-29-5-3-6-33(21-29)30-11-13-32(14-12-30)37-48-34(22-35(49-37)31-9-7-28(25-44)8-10-31)24-42-17-19-43(20-18-42)38-39-15-4-16-40-38/h3-16,21,26,34-35,37,44H,17-20,22-25H2,1-2H3,(H,41,46). The number of aliphatic hydroxyl groups excluding tert-OH is 1. The minimum atomic E-state index is -0.850. The minimum Gasteiger partial charge on any atom is -0.453 e. The normalized spacial score (nSPS) is 20.4. The van der Waals surface area contributed by atoms with E-state index >= 15 is 0 Å². The van der Waals surface area contributed by atoms with Gasteiger partial charge in [0.2, 0.25) is 5.95 Å². The van der Waals surface area contributed by atoms with Crippen LogP contribution in [0.5, 0.6) is 0 Å². The topological polar surface area (TPSA) is 126 Å². The molecule has 6 rings (SSSR count). The molecule has 2 N–H and O–H groups in total. The van der Waals surface area contributed by atoms with Crippen LogP contribution >= 0.6 is 0 Å². The quantitative estimate of drug-likeness (QED) is 0.220. The molecule has 256 valence electrons. The van der Waals surface area contributed by atoms with E-state index in [-0.39, 0.29) is 24.7 Å². The molecule has 11 nitrogen and oxygen atoms in total. The van der Waals surface area contributed by atoms with Crippen molar-refractivity contribution < 1.29 is 28.9 Å². The zero-order valence-corrected chi connectivity index (χ0v) is 27.9.